The first-order chi connectivity index (χ1) is 3.27. The molecule has 0 bridgehead atoms. The maximum Gasteiger partial charge on any atom is 0.285 e. The zero-order valence-corrected chi connectivity index (χ0v) is 4.72. The van der Waals surface area contributed by atoms with E-state index in [2.05, 4.69) is 0 Å². The molecular weight excluding hydrogens is 88.9 g/mol. The molecule has 3 N–H and O–H groups in total. The lowest BCUT2D eigenvalue weighted by Gasteiger charge is -1.93. The summed E-state index contributed by atoms with van der Waals surface area (Å²) in [6.45, 7) is 2.28. The summed E-state index contributed by atoms with van der Waals surface area (Å²) in [5, 5.41) is 8.63. The summed E-state index contributed by atoms with van der Waals surface area (Å²) in [6.07, 6.45) is 1.76. The van der Waals surface area contributed by atoms with Gasteiger partial charge >= 0.3 is 0 Å². The van der Waals surface area contributed by atoms with E-state index in [0.717, 1.165) is 12.7 Å². The molecule has 0 spiro atoms. The van der Waals surface area contributed by atoms with Crippen LogP contribution in [0.1, 0.15) is 6.42 Å². The molecular formula is C4H12BNO. The molecule has 0 aromatic carbocycles. The van der Waals surface area contributed by atoms with Crippen LogP contribution in [0.5, 0.6) is 0 Å². The van der Waals surface area contributed by atoms with Crippen molar-refractivity contribution in [3.8, 4) is 0 Å². The fourth-order valence-electron chi connectivity index (χ4n) is 0.413. The molecule has 0 fully saturated rings. The van der Waals surface area contributed by atoms with Crippen LogP contribution in [0.2, 0.25) is 13.1 Å². The fraction of sp³-hybridized carbons (Fsp3) is 1.00. The van der Waals surface area contributed by atoms with E-state index in [1.807, 2.05) is 0 Å². The third-order valence-electron chi connectivity index (χ3n) is 0.826. The van der Waals surface area contributed by atoms with Crippen LogP contribution in [0, 0.1) is 0 Å². The van der Waals surface area contributed by atoms with E-state index in [1.165, 1.54) is 0 Å². The first-order valence-corrected chi connectivity index (χ1v) is 2.65. The molecule has 0 aromatic rings. The topological polar surface area (TPSA) is 46.2 Å². The predicted octanol–water partition coefficient (Wildman–Crippen LogP) is -0.0512. The normalized spacial score (nSPS) is 9.00. The van der Waals surface area contributed by atoms with Crippen molar-refractivity contribution in [3.63, 3.8) is 0 Å². The molecule has 0 aromatic heterocycles. The summed E-state index contributed by atoms with van der Waals surface area (Å²) in [5.74, 6) is 0. The Bertz CT molecular complexity index is 40.7. The minimum atomic E-state index is -0.177. The lowest BCUT2D eigenvalue weighted by molar-refractivity contribution is 0.572. The summed E-state index contributed by atoms with van der Waals surface area (Å²) in [6, 6.07) is 0. The highest BCUT2D eigenvalue weighted by Gasteiger charge is 1.97. The van der Waals surface area contributed by atoms with Crippen molar-refractivity contribution in [2.45, 2.75) is 19.6 Å². The number of rotatable bonds is 3. The summed E-state index contributed by atoms with van der Waals surface area (Å²) < 4.78 is 0. The minimum absolute atomic E-state index is 0.177. The highest BCUT2D eigenvalue weighted by atomic mass is 16.2. The average molecular weight is 101 g/mol. The Labute approximate surface area is 44.8 Å². The first kappa shape index (κ1) is 6.98. The quantitative estimate of drug-likeness (QED) is 0.489. The van der Waals surface area contributed by atoms with Crippen molar-refractivity contribution in [2.24, 2.45) is 5.73 Å². The van der Waals surface area contributed by atoms with Gasteiger partial charge < -0.3 is 10.8 Å². The monoisotopic (exact) mass is 101 g/mol. The lowest BCUT2D eigenvalue weighted by atomic mass is 9.67. The first-order valence-electron chi connectivity index (χ1n) is 2.65. The summed E-state index contributed by atoms with van der Waals surface area (Å²) in [5.41, 5.74) is 5.17. The maximum absolute atomic E-state index is 8.63. The SMILES string of the molecule is CB(O)CCCN. The van der Waals surface area contributed by atoms with Crippen LogP contribution in [0.15, 0.2) is 0 Å². The van der Waals surface area contributed by atoms with Crippen molar-refractivity contribution in [1.82, 2.24) is 0 Å². The van der Waals surface area contributed by atoms with Crippen molar-refractivity contribution in [1.29, 1.82) is 0 Å². The van der Waals surface area contributed by atoms with Gasteiger partial charge in [0.1, 0.15) is 0 Å². The van der Waals surface area contributed by atoms with Crippen LogP contribution in [0.4, 0.5) is 0 Å². The molecule has 0 radical (unpaired) electrons. The number of nitrogens with two attached hydrogens (primary N) is 1. The van der Waals surface area contributed by atoms with Crippen LogP contribution < -0.4 is 5.73 Å². The molecule has 0 aliphatic carbocycles. The van der Waals surface area contributed by atoms with Gasteiger partial charge in [-0.05, 0) is 19.3 Å². The summed E-state index contributed by atoms with van der Waals surface area (Å²) in [4.78, 5) is 0. The Morgan fingerprint density at radius 3 is 2.43 bits per heavy atom. The molecule has 0 aliphatic rings. The molecule has 0 unspecified atom stereocenters. The van der Waals surface area contributed by atoms with Crippen molar-refractivity contribution < 1.29 is 5.02 Å². The number of hydrogen-bond donors (Lipinski definition) is 2. The van der Waals surface area contributed by atoms with Gasteiger partial charge in [-0.15, -0.1) is 0 Å². The molecule has 0 atom stereocenters. The van der Waals surface area contributed by atoms with E-state index in [-0.39, 0.29) is 6.92 Å². The molecule has 2 nitrogen and oxygen atoms in total. The second kappa shape index (κ2) is 4.15. The van der Waals surface area contributed by atoms with E-state index in [9.17, 15) is 0 Å². The van der Waals surface area contributed by atoms with Gasteiger partial charge in [0, 0.05) is 0 Å². The van der Waals surface area contributed by atoms with E-state index in [4.69, 9.17) is 10.8 Å². The van der Waals surface area contributed by atoms with E-state index in [1.54, 1.807) is 6.82 Å². The van der Waals surface area contributed by atoms with Crippen LogP contribution in [-0.4, -0.2) is 18.5 Å². The third-order valence-corrected chi connectivity index (χ3v) is 0.826. The van der Waals surface area contributed by atoms with Gasteiger partial charge in [0.2, 0.25) is 0 Å². The van der Waals surface area contributed by atoms with E-state index < -0.39 is 0 Å². The molecule has 0 rings (SSSR count). The zero-order valence-electron chi connectivity index (χ0n) is 4.72. The molecule has 0 aliphatic heterocycles. The highest BCUT2D eigenvalue weighted by molar-refractivity contribution is 6.48. The standard InChI is InChI=1S/C4H12BNO/c1-5(7)3-2-4-6/h7H,2-4,6H2,1H3. The Kier molecular flexibility index (Phi) is 4.14. The summed E-state index contributed by atoms with van der Waals surface area (Å²) >= 11 is 0. The molecule has 3 heteroatoms. The molecule has 0 amide bonds. The van der Waals surface area contributed by atoms with Crippen LogP contribution >= 0.6 is 0 Å². The van der Waals surface area contributed by atoms with Crippen LogP contribution in [0.25, 0.3) is 0 Å². The second-order valence-electron chi connectivity index (χ2n) is 1.78. The van der Waals surface area contributed by atoms with Crippen LogP contribution in [0.3, 0.4) is 0 Å². The molecule has 0 heterocycles. The van der Waals surface area contributed by atoms with Gasteiger partial charge in [0.15, 0.2) is 0 Å². The second-order valence-corrected chi connectivity index (χ2v) is 1.78. The van der Waals surface area contributed by atoms with Gasteiger partial charge in [0.25, 0.3) is 6.92 Å². The van der Waals surface area contributed by atoms with E-state index >= 15 is 0 Å². The Morgan fingerprint density at radius 1 is 1.71 bits per heavy atom. The average Bonchev–Trinajstić information content (AvgIpc) is 1.61. The highest BCUT2D eigenvalue weighted by Crippen LogP contribution is 1.89. The molecule has 0 saturated heterocycles. The largest absolute Gasteiger partial charge is 0.451 e. The maximum atomic E-state index is 8.63. The summed E-state index contributed by atoms with van der Waals surface area (Å²) in [7, 11) is 0. The Morgan fingerprint density at radius 2 is 2.29 bits per heavy atom. The molecule has 42 valence electrons. The van der Waals surface area contributed by atoms with Gasteiger partial charge in [-0.3, -0.25) is 0 Å². The van der Waals surface area contributed by atoms with Crippen molar-refractivity contribution >= 4 is 6.92 Å². The Hall–Kier alpha value is -0.0151. The van der Waals surface area contributed by atoms with Gasteiger partial charge in [-0.2, -0.15) is 0 Å². The Balaban J connectivity index is 2.68. The van der Waals surface area contributed by atoms with Gasteiger partial charge in [-0.25, -0.2) is 0 Å². The minimum Gasteiger partial charge on any atom is -0.451 e. The van der Waals surface area contributed by atoms with Crippen LogP contribution in [-0.2, 0) is 0 Å². The third kappa shape index (κ3) is 5.98. The smallest absolute Gasteiger partial charge is 0.285 e. The van der Waals surface area contributed by atoms with Crippen molar-refractivity contribution in [2.75, 3.05) is 6.54 Å². The van der Waals surface area contributed by atoms with Gasteiger partial charge in [0.05, 0.1) is 0 Å². The zero-order chi connectivity index (χ0) is 5.70. The molecule has 7 heavy (non-hydrogen) atoms. The predicted molar refractivity (Wildman–Crippen MR) is 32.3 cm³/mol. The lowest BCUT2D eigenvalue weighted by Crippen LogP contribution is -2.08. The number of hydrogen-bond acceptors (Lipinski definition) is 2. The van der Waals surface area contributed by atoms with Crippen molar-refractivity contribution in [3.05, 3.63) is 0 Å². The fourth-order valence-corrected chi connectivity index (χ4v) is 0.413. The van der Waals surface area contributed by atoms with E-state index in [0.29, 0.717) is 6.54 Å². The molecule has 0 saturated carbocycles. The van der Waals surface area contributed by atoms with Gasteiger partial charge in [-0.1, -0.05) is 6.82 Å².